The van der Waals surface area contributed by atoms with Gasteiger partial charge in [0.25, 0.3) is 0 Å². The van der Waals surface area contributed by atoms with Crippen molar-refractivity contribution in [2.24, 2.45) is 5.92 Å². The lowest BCUT2D eigenvalue weighted by atomic mass is 10.1. The zero-order chi connectivity index (χ0) is 8.85. The molecule has 0 spiro atoms. The Bertz CT molecular complexity index is 155. The molecule has 11 heavy (non-hydrogen) atoms. The van der Waals surface area contributed by atoms with Gasteiger partial charge in [-0.2, -0.15) is 0 Å². The van der Waals surface area contributed by atoms with Gasteiger partial charge in [-0.1, -0.05) is 42.4 Å². The Balaban J connectivity index is 3.79. The summed E-state index contributed by atoms with van der Waals surface area (Å²) in [5, 5.41) is 0. The summed E-state index contributed by atoms with van der Waals surface area (Å²) in [5.41, 5.74) is 0. The van der Waals surface area contributed by atoms with Crippen molar-refractivity contribution in [2.75, 3.05) is 7.05 Å². The Morgan fingerprint density at radius 1 is 1.45 bits per heavy atom. The molecule has 0 aliphatic rings. The average Bonchev–Trinajstić information content (AvgIpc) is 1.86. The lowest BCUT2D eigenvalue weighted by molar-refractivity contribution is 0.404. The summed E-state index contributed by atoms with van der Waals surface area (Å²) < 4.78 is 0.542. The molecular weight excluding hydrogens is 249 g/mol. The van der Waals surface area contributed by atoms with Crippen LogP contribution < -0.4 is 0 Å². The summed E-state index contributed by atoms with van der Waals surface area (Å²) in [6.07, 6.45) is 1.20. The molecule has 0 heterocycles. The molecule has 64 valence electrons. The van der Waals surface area contributed by atoms with Gasteiger partial charge in [-0.15, -0.1) is 0 Å². The second-order valence-electron chi connectivity index (χ2n) is 3.04. The highest BCUT2D eigenvalue weighted by molar-refractivity contribution is 14.1. The van der Waals surface area contributed by atoms with E-state index in [2.05, 4.69) is 53.3 Å². The number of rotatable bonds is 3. The van der Waals surface area contributed by atoms with Crippen molar-refractivity contribution in [3.63, 3.8) is 0 Å². The van der Waals surface area contributed by atoms with E-state index in [-0.39, 0.29) is 0 Å². The van der Waals surface area contributed by atoms with Crippen LogP contribution in [0.3, 0.4) is 0 Å². The number of hydrogen-bond donors (Lipinski definition) is 0. The topological polar surface area (TPSA) is 3.24 Å². The highest BCUT2D eigenvalue weighted by Crippen LogP contribution is 2.15. The Kier molecular flexibility index (Phi) is 5.75. The average molecular weight is 265 g/mol. The fraction of sp³-hybridized carbons (Fsp3) is 0.778. The standard InChI is InChI=1S/C9H16IN/c1-5-6-11(4)9(10)7-8(2)3/h8-9H,7H2,1-4H3/t9-/m0/s1. The van der Waals surface area contributed by atoms with Crippen LogP contribution in [0.5, 0.6) is 0 Å². The second kappa shape index (κ2) is 5.70. The molecule has 0 fully saturated rings. The van der Waals surface area contributed by atoms with Crippen LogP contribution in [0, 0.1) is 17.9 Å². The van der Waals surface area contributed by atoms with Crippen LogP contribution in [0.4, 0.5) is 0 Å². The molecule has 0 amide bonds. The molecule has 0 rings (SSSR count). The van der Waals surface area contributed by atoms with Gasteiger partial charge >= 0.3 is 0 Å². The van der Waals surface area contributed by atoms with Gasteiger partial charge in [-0.25, -0.2) is 0 Å². The summed E-state index contributed by atoms with van der Waals surface area (Å²) in [5.74, 6) is 3.64. The predicted molar refractivity (Wildman–Crippen MR) is 58.5 cm³/mol. The zero-order valence-corrected chi connectivity index (χ0v) is 9.84. The first-order valence-electron chi connectivity index (χ1n) is 3.87. The predicted octanol–water partition coefficient (Wildman–Crippen LogP) is 2.71. The maximum absolute atomic E-state index is 3.03. The molecule has 0 saturated heterocycles. The molecule has 0 unspecified atom stereocenters. The van der Waals surface area contributed by atoms with Crippen molar-refractivity contribution in [1.82, 2.24) is 4.90 Å². The van der Waals surface area contributed by atoms with Crippen LogP contribution in [0.25, 0.3) is 0 Å². The van der Waals surface area contributed by atoms with Crippen molar-refractivity contribution in [3.05, 3.63) is 0 Å². The van der Waals surface area contributed by atoms with Gasteiger partial charge in [-0.3, -0.25) is 0 Å². The highest BCUT2D eigenvalue weighted by atomic mass is 127. The molecule has 0 saturated carbocycles. The van der Waals surface area contributed by atoms with E-state index in [0.29, 0.717) is 4.05 Å². The molecule has 1 nitrogen and oxygen atoms in total. The first-order valence-corrected chi connectivity index (χ1v) is 5.11. The third-order valence-corrected chi connectivity index (χ3v) is 2.72. The van der Waals surface area contributed by atoms with Crippen molar-refractivity contribution in [3.8, 4) is 12.0 Å². The van der Waals surface area contributed by atoms with Gasteiger partial charge in [-0.05, 0) is 19.3 Å². The summed E-state index contributed by atoms with van der Waals surface area (Å²) in [6.45, 7) is 6.34. The van der Waals surface area contributed by atoms with Crippen molar-refractivity contribution < 1.29 is 0 Å². The van der Waals surface area contributed by atoms with Crippen LogP contribution in [-0.4, -0.2) is 16.0 Å². The van der Waals surface area contributed by atoms with E-state index in [1.54, 1.807) is 0 Å². The van der Waals surface area contributed by atoms with Crippen molar-refractivity contribution in [2.45, 2.75) is 31.2 Å². The zero-order valence-electron chi connectivity index (χ0n) is 7.69. The van der Waals surface area contributed by atoms with Gasteiger partial charge in [0, 0.05) is 13.1 Å². The lowest BCUT2D eigenvalue weighted by Crippen LogP contribution is -2.22. The monoisotopic (exact) mass is 265 g/mol. The van der Waals surface area contributed by atoms with Gasteiger partial charge in [0.2, 0.25) is 0 Å². The highest BCUT2D eigenvalue weighted by Gasteiger charge is 2.08. The molecule has 0 aliphatic heterocycles. The smallest absolute Gasteiger partial charge is 0.0883 e. The van der Waals surface area contributed by atoms with Gasteiger partial charge in [0.1, 0.15) is 0 Å². The van der Waals surface area contributed by atoms with Crippen LogP contribution in [0.2, 0.25) is 0 Å². The maximum atomic E-state index is 3.03. The van der Waals surface area contributed by atoms with Gasteiger partial charge < -0.3 is 4.90 Å². The molecule has 0 bridgehead atoms. The first-order chi connectivity index (χ1) is 5.07. The molecule has 0 radical (unpaired) electrons. The normalized spacial score (nSPS) is 12.2. The van der Waals surface area contributed by atoms with E-state index in [1.165, 1.54) is 6.42 Å². The molecule has 0 aliphatic carbocycles. The second-order valence-corrected chi connectivity index (χ2v) is 4.47. The fourth-order valence-electron chi connectivity index (χ4n) is 0.794. The summed E-state index contributed by atoms with van der Waals surface area (Å²) >= 11 is 2.43. The summed E-state index contributed by atoms with van der Waals surface area (Å²) in [7, 11) is 2.04. The molecule has 0 aromatic carbocycles. The number of halogens is 1. The van der Waals surface area contributed by atoms with Crippen molar-refractivity contribution >= 4 is 22.6 Å². The fourth-order valence-corrected chi connectivity index (χ4v) is 1.95. The van der Waals surface area contributed by atoms with Crippen LogP contribution in [0.1, 0.15) is 27.2 Å². The van der Waals surface area contributed by atoms with Gasteiger partial charge in [0.05, 0.1) is 4.05 Å². The van der Waals surface area contributed by atoms with E-state index in [9.17, 15) is 0 Å². The lowest BCUT2D eigenvalue weighted by Gasteiger charge is -2.20. The molecule has 0 aromatic heterocycles. The minimum absolute atomic E-state index is 0.542. The first kappa shape index (κ1) is 11.1. The third-order valence-electron chi connectivity index (χ3n) is 1.37. The Morgan fingerprint density at radius 2 is 2.00 bits per heavy atom. The number of nitrogens with zero attached hydrogens (tertiary/aromatic N) is 1. The summed E-state index contributed by atoms with van der Waals surface area (Å²) in [6, 6.07) is 3.03. The molecule has 2 heteroatoms. The SMILES string of the molecule is CC#CN(C)[C@H](I)CC(C)C. The largest absolute Gasteiger partial charge is 0.323 e. The van der Waals surface area contributed by atoms with E-state index >= 15 is 0 Å². The van der Waals surface area contributed by atoms with E-state index in [1.807, 2.05) is 14.0 Å². The van der Waals surface area contributed by atoms with Crippen molar-refractivity contribution in [1.29, 1.82) is 0 Å². The Morgan fingerprint density at radius 3 is 2.36 bits per heavy atom. The van der Waals surface area contributed by atoms with E-state index in [0.717, 1.165) is 5.92 Å². The van der Waals surface area contributed by atoms with Crippen LogP contribution in [0.15, 0.2) is 0 Å². The third kappa shape index (κ3) is 5.37. The van der Waals surface area contributed by atoms with Crippen LogP contribution >= 0.6 is 22.6 Å². The maximum Gasteiger partial charge on any atom is 0.0883 e. The minimum atomic E-state index is 0.542. The number of alkyl halides is 1. The van der Waals surface area contributed by atoms with E-state index < -0.39 is 0 Å². The van der Waals surface area contributed by atoms with Gasteiger partial charge in [0.15, 0.2) is 0 Å². The van der Waals surface area contributed by atoms with Crippen LogP contribution in [-0.2, 0) is 0 Å². The summed E-state index contributed by atoms with van der Waals surface area (Å²) in [4.78, 5) is 2.07. The Hall–Kier alpha value is 0.0900. The molecule has 0 N–H and O–H groups in total. The quantitative estimate of drug-likeness (QED) is 0.249. The molecular formula is C9H16IN. The van der Waals surface area contributed by atoms with E-state index in [4.69, 9.17) is 0 Å². The molecule has 1 atom stereocenters. The minimum Gasteiger partial charge on any atom is -0.323 e. The Labute approximate surface area is 83.7 Å². The number of hydrogen-bond acceptors (Lipinski definition) is 1. The molecule has 0 aromatic rings.